The highest BCUT2D eigenvalue weighted by molar-refractivity contribution is 5.84. The van der Waals surface area contributed by atoms with Crippen molar-refractivity contribution in [1.29, 1.82) is 0 Å². The van der Waals surface area contributed by atoms with Crippen LogP contribution in [0.5, 0.6) is 0 Å². The molecule has 0 saturated carbocycles. The number of nitro groups is 1. The Morgan fingerprint density at radius 2 is 2.24 bits per heavy atom. The van der Waals surface area contributed by atoms with Crippen molar-refractivity contribution in [2.45, 2.75) is 0 Å². The normalized spacial score (nSPS) is 14.5. The van der Waals surface area contributed by atoms with E-state index in [9.17, 15) is 10.1 Å². The Bertz CT molecular complexity index is 466. The summed E-state index contributed by atoms with van der Waals surface area (Å²) in [5, 5.41) is 17.4. The quantitative estimate of drug-likeness (QED) is 0.451. The van der Waals surface area contributed by atoms with Crippen molar-refractivity contribution in [3.63, 3.8) is 0 Å². The van der Waals surface area contributed by atoms with Crippen LogP contribution in [0.3, 0.4) is 0 Å². The first kappa shape index (κ1) is 11.1. The number of nitrogens with one attached hydrogen (secondary N) is 2. The Labute approximate surface area is 97.4 Å². The number of rotatable bonds is 3. The topological polar surface area (TPSA) is 91.9 Å². The lowest BCUT2D eigenvalue weighted by molar-refractivity contribution is -0.384. The van der Waals surface area contributed by atoms with Crippen LogP contribution in [0.25, 0.3) is 0 Å². The second-order valence-electron chi connectivity index (χ2n) is 3.38. The molecule has 7 nitrogen and oxygen atoms in total. The third-order valence-electron chi connectivity index (χ3n) is 2.16. The highest BCUT2D eigenvalue weighted by Gasteiger charge is 2.03. The van der Waals surface area contributed by atoms with Gasteiger partial charge in [0.05, 0.1) is 17.7 Å². The van der Waals surface area contributed by atoms with E-state index >= 15 is 0 Å². The summed E-state index contributed by atoms with van der Waals surface area (Å²) in [5.74, 6) is 0.642. The van der Waals surface area contributed by atoms with Gasteiger partial charge in [-0.15, -0.1) is 0 Å². The van der Waals surface area contributed by atoms with Gasteiger partial charge in [-0.2, -0.15) is 5.10 Å². The summed E-state index contributed by atoms with van der Waals surface area (Å²) in [6, 6.07) is 6.14. The SMILES string of the molecule is O=[N+]([O-])c1ccc(/C=N/NC2=NCCN2)cc1. The number of aliphatic imine (C=N–C) groups is 1. The molecule has 0 saturated heterocycles. The van der Waals surface area contributed by atoms with Gasteiger partial charge in [0, 0.05) is 18.7 Å². The second-order valence-corrected chi connectivity index (χ2v) is 3.38. The van der Waals surface area contributed by atoms with Gasteiger partial charge in [0.1, 0.15) is 0 Å². The number of nitro benzene ring substituents is 1. The van der Waals surface area contributed by atoms with Gasteiger partial charge in [-0.3, -0.25) is 10.1 Å². The molecule has 0 radical (unpaired) electrons. The third kappa shape index (κ3) is 3.00. The first-order valence-corrected chi connectivity index (χ1v) is 5.07. The Morgan fingerprint density at radius 1 is 1.47 bits per heavy atom. The zero-order valence-electron chi connectivity index (χ0n) is 8.96. The fourth-order valence-corrected chi connectivity index (χ4v) is 1.32. The van der Waals surface area contributed by atoms with Crippen molar-refractivity contribution in [2.75, 3.05) is 13.1 Å². The first-order valence-electron chi connectivity index (χ1n) is 5.07. The Hall–Kier alpha value is -2.44. The van der Waals surface area contributed by atoms with Gasteiger partial charge >= 0.3 is 0 Å². The second kappa shape index (κ2) is 5.06. The first-order chi connectivity index (χ1) is 8.25. The van der Waals surface area contributed by atoms with Crippen LogP contribution < -0.4 is 10.7 Å². The summed E-state index contributed by atoms with van der Waals surface area (Å²) in [6.07, 6.45) is 1.58. The third-order valence-corrected chi connectivity index (χ3v) is 2.16. The zero-order chi connectivity index (χ0) is 12.1. The summed E-state index contributed by atoms with van der Waals surface area (Å²) < 4.78 is 0. The van der Waals surface area contributed by atoms with Crippen molar-refractivity contribution >= 4 is 17.9 Å². The van der Waals surface area contributed by atoms with Crippen molar-refractivity contribution in [3.05, 3.63) is 39.9 Å². The van der Waals surface area contributed by atoms with E-state index in [1.54, 1.807) is 18.3 Å². The molecule has 0 aliphatic carbocycles. The highest BCUT2D eigenvalue weighted by Crippen LogP contribution is 2.10. The maximum absolute atomic E-state index is 10.4. The van der Waals surface area contributed by atoms with E-state index in [1.807, 2.05) is 0 Å². The van der Waals surface area contributed by atoms with Crippen molar-refractivity contribution in [1.82, 2.24) is 10.7 Å². The Kier molecular flexibility index (Phi) is 3.29. The molecule has 0 atom stereocenters. The molecule has 0 aromatic heterocycles. The summed E-state index contributed by atoms with van der Waals surface area (Å²) in [4.78, 5) is 14.1. The number of nitrogens with zero attached hydrogens (tertiary/aromatic N) is 3. The van der Waals surface area contributed by atoms with E-state index in [0.29, 0.717) is 5.96 Å². The van der Waals surface area contributed by atoms with Gasteiger partial charge in [0.25, 0.3) is 5.69 Å². The van der Waals surface area contributed by atoms with Gasteiger partial charge in [-0.1, -0.05) is 0 Å². The molecular formula is C10H11N5O2. The van der Waals surface area contributed by atoms with Gasteiger partial charge in [-0.05, 0) is 17.7 Å². The number of benzene rings is 1. The van der Waals surface area contributed by atoms with Crippen molar-refractivity contribution < 1.29 is 4.92 Å². The summed E-state index contributed by atoms with van der Waals surface area (Å²) >= 11 is 0. The number of non-ortho nitro benzene ring substituents is 1. The minimum absolute atomic E-state index is 0.0666. The average Bonchev–Trinajstić information content (AvgIpc) is 2.83. The average molecular weight is 233 g/mol. The van der Waals surface area contributed by atoms with E-state index in [0.717, 1.165) is 18.7 Å². The molecule has 1 aromatic rings. The van der Waals surface area contributed by atoms with Crippen LogP contribution in [0.1, 0.15) is 5.56 Å². The molecule has 2 N–H and O–H groups in total. The van der Waals surface area contributed by atoms with Crippen LogP contribution in [-0.4, -0.2) is 30.2 Å². The molecule has 1 aliphatic heterocycles. The molecule has 1 aliphatic rings. The molecule has 0 spiro atoms. The predicted octanol–water partition coefficient (Wildman–Crippen LogP) is 0.477. The van der Waals surface area contributed by atoms with Crippen LogP contribution in [0, 0.1) is 10.1 Å². The van der Waals surface area contributed by atoms with E-state index in [1.165, 1.54) is 12.1 Å². The summed E-state index contributed by atoms with van der Waals surface area (Å²) in [5.41, 5.74) is 3.59. The highest BCUT2D eigenvalue weighted by atomic mass is 16.6. The summed E-state index contributed by atoms with van der Waals surface area (Å²) in [6.45, 7) is 1.56. The van der Waals surface area contributed by atoms with E-state index in [2.05, 4.69) is 20.8 Å². The number of hydrazone groups is 1. The number of guanidine groups is 1. The van der Waals surface area contributed by atoms with E-state index in [4.69, 9.17) is 0 Å². The van der Waals surface area contributed by atoms with E-state index in [-0.39, 0.29) is 5.69 Å². The Balaban J connectivity index is 1.94. The Morgan fingerprint density at radius 3 is 2.82 bits per heavy atom. The van der Waals surface area contributed by atoms with Gasteiger partial charge in [-0.25, -0.2) is 10.4 Å². The molecule has 0 unspecified atom stereocenters. The van der Waals surface area contributed by atoms with Crippen molar-refractivity contribution in [2.24, 2.45) is 10.1 Å². The molecule has 7 heteroatoms. The van der Waals surface area contributed by atoms with E-state index < -0.39 is 4.92 Å². The zero-order valence-corrected chi connectivity index (χ0v) is 8.96. The molecule has 1 aromatic carbocycles. The van der Waals surface area contributed by atoms with Gasteiger partial charge in [0.15, 0.2) is 0 Å². The maximum Gasteiger partial charge on any atom is 0.269 e. The molecule has 0 bridgehead atoms. The maximum atomic E-state index is 10.4. The fourth-order valence-electron chi connectivity index (χ4n) is 1.32. The molecule has 1 heterocycles. The monoisotopic (exact) mass is 233 g/mol. The molecular weight excluding hydrogens is 222 g/mol. The predicted molar refractivity (Wildman–Crippen MR) is 64.1 cm³/mol. The molecule has 0 amide bonds. The molecule has 0 fully saturated rings. The standard InChI is InChI=1S/C10H11N5O2/c16-15(17)9-3-1-8(2-4-9)7-13-14-10-11-5-6-12-10/h1-4,7H,5-6H2,(H2,11,12,14)/b13-7+. The van der Waals surface area contributed by atoms with Crippen LogP contribution in [0.4, 0.5) is 5.69 Å². The number of hydrogen-bond acceptors (Lipinski definition) is 6. The van der Waals surface area contributed by atoms with Crippen LogP contribution in [0.15, 0.2) is 34.4 Å². The molecule has 17 heavy (non-hydrogen) atoms. The smallest absolute Gasteiger partial charge is 0.269 e. The van der Waals surface area contributed by atoms with Gasteiger partial charge in [0.2, 0.25) is 5.96 Å². The lowest BCUT2D eigenvalue weighted by Gasteiger charge is -1.98. The summed E-state index contributed by atoms with van der Waals surface area (Å²) in [7, 11) is 0. The largest absolute Gasteiger partial charge is 0.353 e. The van der Waals surface area contributed by atoms with Crippen molar-refractivity contribution in [3.8, 4) is 0 Å². The van der Waals surface area contributed by atoms with Crippen LogP contribution >= 0.6 is 0 Å². The van der Waals surface area contributed by atoms with Crippen LogP contribution in [-0.2, 0) is 0 Å². The number of hydrogen-bond donors (Lipinski definition) is 2. The lowest BCUT2D eigenvalue weighted by atomic mass is 10.2. The lowest BCUT2D eigenvalue weighted by Crippen LogP contribution is -2.30. The molecule has 88 valence electrons. The van der Waals surface area contributed by atoms with Gasteiger partial charge < -0.3 is 5.32 Å². The fraction of sp³-hybridized carbons (Fsp3) is 0.200. The van der Waals surface area contributed by atoms with Crippen LogP contribution in [0.2, 0.25) is 0 Å². The minimum Gasteiger partial charge on any atom is -0.353 e. The minimum atomic E-state index is -0.434. The molecule has 2 rings (SSSR count).